The highest BCUT2D eigenvalue weighted by Crippen LogP contribution is 2.26. The SMILES string of the molecule is COc1cccc(F)c1F.NSc1cc(NC(=O)C2CCCN(c3ccccc3F)C2)ccn1. The zero-order valence-corrected chi connectivity index (χ0v) is 19.3. The first-order valence-electron chi connectivity index (χ1n) is 10.5. The van der Waals surface area contributed by atoms with E-state index in [1.807, 2.05) is 11.0 Å². The normalized spacial score (nSPS) is 15.2. The Hall–Kier alpha value is -3.24. The van der Waals surface area contributed by atoms with Crippen LogP contribution in [-0.2, 0) is 4.79 Å². The van der Waals surface area contributed by atoms with Gasteiger partial charge in [-0.25, -0.2) is 13.8 Å². The Kier molecular flexibility index (Phi) is 9.17. The fourth-order valence-electron chi connectivity index (χ4n) is 3.56. The third-order valence-corrected chi connectivity index (χ3v) is 5.71. The van der Waals surface area contributed by atoms with Crippen molar-refractivity contribution in [1.29, 1.82) is 0 Å². The van der Waals surface area contributed by atoms with Gasteiger partial charge in [-0.15, -0.1) is 0 Å². The van der Waals surface area contributed by atoms with E-state index in [9.17, 15) is 18.0 Å². The summed E-state index contributed by atoms with van der Waals surface area (Å²) in [5, 5.41) is 9.04. The first kappa shape index (κ1) is 25.4. The van der Waals surface area contributed by atoms with Crippen LogP contribution >= 0.6 is 11.9 Å². The molecule has 2 aromatic carbocycles. The van der Waals surface area contributed by atoms with Gasteiger partial charge in [0.2, 0.25) is 11.7 Å². The fraction of sp³-hybridized carbons (Fsp3) is 0.250. The van der Waals surface area contributed by atoms with Crippen LogP contribution in [-0.4, -0.2) is 31.1 Å². The van der Waals surface area contributed by atoms with E-state index in [2.05, 4.69) is 15.0 Å². The summed E-state index contributed by atoms with van der Waals surface area (Å²) >= 11 is 1.03. The van der Waals surface area contributed by atoms with Gasteiger partial charge in [-0.1, -0.05) is 18.2 Å². The maximum atomic E-state index is 14.0. The van der Waals surface area contributed by atoms with E-state index >= 15 is 0 Å². The summed E-state index contributed by atoms with van der Waals surface area (Å²) in [5.74, 6) is -2.39. The molecule has 1 aliphatic rings. The second-order valence-corrected chi connectivity index (χ2v) is 8.14. The Bertz CT molecular complexity index is 1120. The quantitative estimate of drug-likeness (QED) is 0.489. The maximum absolute atomic E-state index is 14.0. The van der Waals surface area contributed by atoms with Crippen molar-refractivity contribution >= 4 is 29.2 Å². The molecule has 1 aromatic heterocycles. The smallest absolute Gasteiger partial charge is 0.229 e. The van der Waals surface area contributed by atoms with Crippen molar-refractivity contribution in [3.63, 3.8) is 0 Å². The zero-order chi connectivity index (χ0) is 24.5. The third kappa shape index (κ3) is 6.64. The summed E-state index contributed by atoms with van der Waals surface area (Å²) in [6.45, 7) is 1.27. The van der Waals surface area contributed by atoms with Gasteiger partial charge in [-0.05, 0) is 61.2 Å². The predicted octanol–water partition coefficient (Wildman–Crippen LogP) is 5.02. The Morgan fingerprint density at radius 3 is 2.62 bits per heavy atom. The van der Waals surface area contributed by atoms with E-state index in [1.54, 1.807) is 30.5 Å². The average molecular weight is 491 g/mol. The van der Waals surface area contributed by atoms with Crippen molar-refractivity contribution < 1.29 is 22.7 Å². The standard InChI is InChI=1S/C17H19FN4OS.C7H6F2O/c18-14-5-1-2-6-15(14)22-9-3-4-12(11-22)17(23)21-13-7-8-20-16(10-13)24-19;1-10-6-4-2-3-5(8)7(6)9/h1-2,5-8,10,12H,3-4,9,11,19H2,(H,20,21,23);2-4H,1H3. The Labute approximate surface area is 200 Å². The molecule has 1 aliphatic heterocycles. The predicted molar refractivity (Wildman–Crippen MR) is 127 cm³/mol. The number of rotatable bonds is 5. The molecule has 1 unspecified atom stereocenters. The lowest BCUT2D eigenvalue weighted by Gasteiger charge is -2.33. The number of halogens is 3. The lowest BCUT2D eigenvalue weighted by molar-refractivity contribution is -0.120. The minimum absolute atomic E-state index is 0.0600. The van der Waals surface area contributed by atoms with E-state index < -0.39 is 11.6 Å². The number of nitrogens with one attached hydrogen (secondary N) is 1. The van der Waals surface area contributed by atoms with Crippen LogP contribution < -0.4 is 20.1 Å². The van der Waals surface area contributed by atoms with Crippen LogP contribution in [0.5, 0.6) is 5.75 Å². The number of carbonyl (C=O) groups excluding carboxylic acids is 1. The van der Waals surface area contributed by atoms with Crippen LogP contribution in [0.15, 0.2) is 65.8 Å². The van der Waals surface area contributed by atoms with Crippen molar-refractivity contribution in [1.82, 2.24) is 4.98 Å². The highest BCUT2D eigenvalue weighted by Gasteiger charge is 2.27. The second kappa shape index (κ2) is 12.3. The molecule has 0 bridgehead atoms. The maximum Gasteiger partial charge on any atom is 0.229 e. The number of methoxy groups -OCH3 is 1. The number of ether oxygens (including phenoxy) is 1. The lowest BCUT2D eigenvalue weighted by Crippen LogP contribution is -2.41. The summed E-state index contributed by atoms with van der Waals surface area (Å²) in [4.78, 5) is 18.6. The van der Waals surface area contributed by atoms with Gasteiger partial charge in [-0.3, -0.25) is 9.93 Å². The van der Waals surface area contributed by atoms with Gasteiger partial charge >= 0.3 is 0 Å². The number of aromatic nitrogens is 1. The van der Waals surface area contributed by atoms with Crippen molar-refractivity contribution in [2.45, 2.75) is 17.9 Å². The van der Waals surface area contributed by atoms with Crippen LogP contribution in [0, 0.1) is 23.4 Å². The van der Waals surface area contributed by atoms with Crippen molar-refractivity contribution in [3.8, 4) is 5.75 Å². The fourth-order valence-corrected chi connectivity index (χ4v) is 3.87. The van der Waals surface area contributed by atoms with Crippen LogP contribution in [0.25, 0.3) is 0 Å². The molecule has 0 aliphatic carbocycles. The highest BCUT2D eigenvalue weighted by molar-refractivity contribution is 7.97. The number of carbonyl (C=O) groups is 1. The van der Waals surface area contributed by atoms with Gasteiger partial charge in [0.1, 0.15) is 10.8 Å². The van der Waals surface area contributed by atoms with Gasteiger partial charge < -0.3 is 15.0 Å². The molecular formula is C24H25F3N4O2S. The first-order valence-corrected chi connectivity index (χ1v) is 11.4. The number of amides is 1. The molecule has 0 saturated carbocycles. The Morgan fingerprint density at radius 1 is 1.15 bits per heavy atom. The number of para-hydroxylation sites is 1. The molecule has 34 heavy (non-hydrogen) atoms. The first-order chi connectivity index (χ1) is 16.4. The highest BCUT2D eigenvalue weighted by atomic mass is 32.2. The molecule has 10 heteroatoms. The summed E-state index contributed by atoms with van der Waals surface area (Å²) < 4.78 is 43.3. The molecule has 180 valence electrons. The summed E-state index contributed by atoms with van der Waals surface area (Å²) in [6.07, 6.45) is 3.25. The van der Waals surface area contributed by atoms with Crippen LogP contribution in [0.3, 0.4) is 0 Å². The third-order valence-electron chi connectivity index (χ3n) is 5.24. The molecule has 1 atom stereocenters. The van der Waals surface area contributed by atoms with Gasteiger partial charge in [0, 0.05) is 25.0 Å². The molecule has 3 N–H and O–H groups in total. The molecule has 0 spiro atoms. The molecule has 6 nitrogen and oxygen atoms in total. The average Bonchev–Trinajstić information content (AvgIpc) is 2.86. The van der Waals surface area contributed by atoms with Crippen LogP contribution in [0.4, 0.5) is 24.5 Å². The van der Waals surface area contributed by atoms with E-state index in [0.717, 1.165) is 37.4 Å². The largest absolute Gasteiger partial charge is 0.494 e. The van der Waals surface area contributed by atoms with Crippen molar-refractivity contribution in [3.05, 3.63) is 78.2 Å². The van der Waals surface area contributed by atoms with E-state index in [-0.39, 0.29) is 23.4 Å². The zero-order valence-electron chi connectivity index (χ0n) is 18.5. The summed E-state index contributed by atoms with van der Waals surface area (Å²) in [7, 11) is 1.29. The number of hydrogen-bond acceptors (Lipinski definition) is 6. The Balaban J connectivity index is 0.000000271. The van der Waals surface area contributed by atoms with E-state index in [1.165, 1.54) is 25.3 Å². The molecule has 0 radical (unpaired) electrons. The summed E-state index contributed by atoms with van der Waals surface area (Å²) in [5.41, 5.74) is 1.23. The van der Waals surface area contributed by atoms with Crippen molar-refractivity contribution in [2.24, 2.45) is 11.1 Å². The number of benzene rings is 2. The molecule has 1 saturated heterocycles. The minimum Gasteiger partial charge on any atom is -0.494 e. The number of nitrogens with two attached hydrogens (primary N) is 1. The topological polar surface area (TPSA) is 80.5 Å². The molecule has 1 fully saturated rings. The molecule has 1 amide bonds. The monoisotopic (exact) mass is 490 g/mol. The van der Waals surface area contributed by atoms with Crippen molar-refractivity contribution in [2.75, 3.05) is 30.4 Å². The number of hydrogen-bond donors (Lipinski definition) is 2. The molecule has 4 rings (SSSR count). The molecule has 3 aromatic rings. The number of anilines is 2. The van der Waals surface area contributed by atoms with E-state index in [4.69, 9.17) is 5.14 Å². The van der Waals surface area contributed by atoms with Gasteiger partial charge in [0.15, 0.2) is 11.6 Å². The summed E-state index contributed by atoms with van der Waals surface area (Å²) in [6, 6.07) is 13.9. The minimum atomic E-state index is -0.940. The second-order valence-electron chi connectivity index (χ2n) is 7.48. The van der Waals surface area contributed by atoms with Gasteiger partial charge in [-0.2, -0.15) is 4.39 Å². The molecular weight excluding hydrogens is 465 g/mol. The Morgan fingerprint density at radius 2 is 1.91 bits per heavy atom. The van der Waals surface area contributed by atoms with Crippen LogP contribution in [0.1, 0.15) is 12.8 Å². The van der Waals surface area contributed by atoms with Gasteiger partial charge in [0.05, 0.1) is 18.7 Å². The number of pyridine rings is 1. The number of nitrogens with zero attached hydrogens (tertiary/aromatic N) is 2. The molecule has 2 heterocycles. The lowest BCUT2D eigenvalue weighted by atomic mass is 9.96. The van der Waals surface area contributed by atoms with E-state index in [0.29, 0.717) is 22.9 Å². The van der Waals surface area contributed by atoms with Crippen LogP contribution in [0.2, 0.25) is 0 Å². The number of piperidine rings is 1. The van der Waals surface area contributed by atoms with Gasteiger partial charge in [0.25, 0.3) is 0 Å².